The van der Waals surface area contributed by atoms with Crippen molar-refractivity contribution in [2.45, 2.75) is 55.9 Å². The average Bonchev–Trinajstić information content (AvgIpc) is 2.85. The molecular weight excluding hydrogens is 374 g/mol. The topological polar surface area (TPSA) is 87.3 Å². The Kier molecular flexibility index (Phi) is 5.26. The van der Waals surface area contributed by atoms with Gasteiger partial charge in [-0.05, 0) is 60.9 Å². The first-order valence-electron chi connectivity index (χ1n) is 9.82. The number of anilines is 3. The van der Waals surface area contributed by atoms with Gasteiger partial charge in [0.05, 0.1) is 11.3 Å². The normalized spacial score (nSPS) is 17.5. The van der Waals surface area contributed by atoms with E-state index in [-0.39, 0.29) is 17.2 Å². The molecule has 0 aromatic heterocycles. The van der Waals surface area contributed by atoms with E-state index < -0.39 is 10.0 Å². The average molecular weight is 400 g/mol. The highest BCUT2D eigenvalue weighted by Gasteiger charge is 2.22. The van der Waals surface area contributed by atoms with E-state index in [2.05, 4.69) is 15.4 Å². The molecule has 0 atom stereocenters. The number of nitrogens with one attached hydrogen (secondary N) is 3. The molecule has 7 heteroatoms. The van der Waals surface area contributed by atoms with Crippen molar-refractivity contribution in [3.63, 3.8) is 0 Å². The van der Waals surface area contributed by atoms with Gasteiger partial charge in [-0.1, -0.05) is 25.7 Å². The van der Waals surface area contributed by atoms with Gasteiger partial charge in [0, 0.05) is 23.1 Å². The SMILES string of the molecule is O=C1Cc2cc(S(=O)(=O)Nc3ccc(NC4CCCCCC4)cc3)ccc2N1. The van der Waals surface area contributed by atoms with Crippen molar-refractivity contribution in [3.05, 3.63) is 48.0 Å². The van der Waals surface area contributed by atoms with E-state index in [9.17, 15) is 13.2 Å². The molecule has 3 N–H and O–H groups in total. The Morgan fingerprint density at radius 1 is 0.893 bits per heavy atom. The fourth-order valence-corrected chi connectivity index (χ4v) is 4.99. The second-order valence-corrected chi connectivity index (χ2v) is 9.24. The van der Waals surface area contributed by atoms with Crippen LogP contribution in [0.2, 0.25) is 0 Å². The lowest BCUT2D eigenvalue weighted by molar-refractivity contribution is -0.115. The highest BCUT2D eigenvalue weighted by molar-refractivity contribution is 7.92. The molecule has 4 rings (SSSR count). The lowest BCUT2D eigenvalue weighted by Gasteiger charge is -2.18. The highest BCUT2D eigenvalue weighted by atomic mass is 32.2. The van der Waals surface area contributed by atoms with Crippen LogP contribution in [-0.2, 0) is 21.2 Å². The van der Waals surface area contributed by atoms with Crippen LogP contribution >= 0.6 is 0 Å². The maximum atomic E-state index is 12.7. The van der Waals surface area contributed by atoms with E-state index in [0.717, 1.165) is 5.69 Å². The third-order valence-electron chi connectivity index (χ3n) is 5.38. The molecule has 0 spiro atoms. The zero-order chi connectivity index (χ0) is 19.6. The first-order chi connectivity index (χ1) is 13.5. The summed E-state index contributed by atoms with van der Waals surface area (Å²) in [4.78, 5) is 11.6. The second-order valence-electron chi connectivity index (χ2n) is 7.56. The summed E-state index contributed by atoms with van der Waals surface area (Å²) in [5.41, 5.74) is 2.91. The van der Waals surface area contributed by atoms with E-state index in [1.807, 2.05) is 12.1 Å². The van der Waals surface area contributed by atoms with Crippen molar-refractivity contribution in [3.8, 4) is 0 Å². The molecule has 2 aliphatic rings. The Morgan fingerprint density at radius 3 is 2.29 bits per heavy atom. The number of hydrogen-bond acceptors (Lipinski definition) is 4. The largest absolute Gasteiger partial charge is 0.382 e. The van der Waals surface area contributed by atoms with Crippen molar-refractivity contribution in [2.75, 3.05) is 15.4 Å². The Bertz CT molecular complexity index is 963. The number of sulfonamides is 1. The molecule has 0 saturated heterocycles. The number of benzene rings is 2. The monoisotopic (exact) mass is 399 g/mol. The molecular formula is C21H25N3O3S. The maximum Gasteiger partial charge on any atom is 0.261 e. The first-order valence-corrected chi connectivity index (χ1v) is 11.3. The van der Waals surface area contributed by atoms with Crippen LogP contribution in [-0.4, -0.2) is 20.4 Å². The Balaban J connectivity index is 1.43. The summed E-state index contributed by atoms with van der Waals surface area (Å²) < 4.78 is 28.0. The second kappa shape index (κ2) is 7.83. The van der Waals surface area contributed by atoms with Gasteiger partial charge in [0.1, 0.15) is 0 Å². The fourth-order valence-electron chi connectivity index (χ4n) is 3.88. The number of rotatable bonds is 5. The molecule has 1 fully saturated rings. The quantitative estimate of drug-likeness (QED) is 0.660. The summed E-state index contributed by atoms with van der Waals surface area (Å²) in [6, 6.07) is 12.6. The third-order valence-corrected chi connectivity index (χ3v) is 6.75. The molecule has 0 bridgehead atoms. The number of amides is 1. The Labute approximate surface area is 165 Å². The molecule has 2 aromatic carbocycles. The van der Waals surface area contributed by atoms with Crippen LogP contribution in [0.25, 0.3) is 0 Å². The van der Waals surface area contributed by atoms with E-state index >= 15 is 0 Å². The van der Waals surface area contributed by atoms with Gasteiger partial charge in [-0.2, -0.15) is 0 Å². The number of hydrogen-bond donors (Lipinski definition) is 3. The zero-order valence-corrected chi connectivity index (χ0v) is 16.5. The van der Waals surface area contributed by atoms with E-state index in [1.54, 1.807) is 24.3 Å². The fraction of sp³-hybridized carbons (Fsp3) is 0.381. The molecule has 0 unspecified atom stereocenters. The molecule has 2 aromatic rings. The van der Waals surface area contributed by atoms with Crippen molar-refractivity contribution >= 4 is 33.0 Å². The molecule has 28 heavy (non-hydrogen) atoms. The van der Waals surface area contributed by atoms with Crippen molar-refractivity contribution in [2.24, 2.45) is 0 Å². The van der Waals surface area contributed by atoms with Gasteiger partial charge in [-0.25, -0.2) is 8.42 Å². The lowest BCUT2D eigenvalue weighted by atomic mass is 10.1. The molecule has 1 saturated carbocycles. The van der Waals surface area contributed by atoms with Crippen LogP contribution in [0.15, 0.2) is 47.4 Å². The first kappa shape index (κ1) is 18.8. The lowest BCUT2D eigenvalue weighted by Crippen LogP contribution is -2.18. The Hall–Kier alpha value is -2.54. The van der Waals surface area contributed by atoms with Gasteiger partial charge in [-0.3, -0.25) is 9.52 Å². The molecule has 1 aliphatic carbocycles. The summed E-state index contributed by atoms with van der Waals surface area (Å²) in [7, 11) is -3.71. The van der Waals surface area contributed by atoms with E-state index in [4.69, 9.17) is 0 Å². The summed E-state index contributed by atoms with van der Waals surface area (Å²) in [6.45, 7) is 0. The summed E-state index contributed by atoms with van der Waals surface area (Å²) >= 11 is 0. The van der Waals surface area contributed by atoms with Gasteiger partial charge in [0.25, 0.3) is 10.0 Å². The predicted molar refractivity (Wildman–Crippen MR) is 111 cm³/mol. The molecule has 1 amide bonds. The van der Waals surface area contributed by atoms with Crippen LogP contribution in [0.3, 0.4) is 0 Å². The van der Waals surface area contributed by atoms with Gasteiger partial charge in [-0.15, -0.1) is 0 Å². The molecule has 1 aliphatic heterocycles. The Morgan fingerprint density at radius 2 is 1.57 bits per heavy atom. The minimum atomic E-state index is -3.71. The van der Waals surface area contributed by atoms with Crippen LogP contribution < -0.4 is 15.4 Å². The minimum absolute atomic E-state index is 0.116. The van der Waals surface area contributed by atoms with E-state index in [0.29, 0.717) is 23.0 Å². The maximum absolute atomic E-state index is 12.7. The molecule has 6 nitrogen and oxygen atoms in total. The predicted octanol–water partition coefficient (Wildman–Crippen LogP) is 4.12. The minimum Gasteiger partial charge on any atom is -0.382 e. The van der Waals surface area contributed by atoms with Crippen molar-refractivity contribution in [1.29, 1.82) is 0 Å². The molecule has 0 radical (unpaired) electrons. The summed E-state index contributed by atoms with van der Waals surface area (Å²) in [6.07, 6.45) is 7.72. The van der Waals surface area contributed by atoms with Crippen LogP contribution in [0.1, 0.15) is 44.1 Å². The van der Waals surface area contributed by atoms with Crippen LogP contribution in [0.5, 0.6) is 0 Å². The smallest absolute Gasteiger partial charge is 0.261 e. The van der Waals surface area contributed by atoms with E-state index in [1.165, 1.54) is 44.6 Å². The van der Waals surface area contributed by atoms with Crippen LogP contribution in [0.4, 0.5) is 17.1 Å². The summed E-state index contributed by atoms with van der Waals surface area (Å²) in [5, 5.41) is 6.27. The van der Waals surface area contributed by atoms with Crippen molar-refractivity contribution in [1.82, 2.24) is 0 Å². The van der Waals surface area contributed by atoms with Crippen molar-refractivity contribution < 1.29 is 13.2 Å². The number of fused-ring (bicyclic) bond motifs is 1. The van der Waals surface area contributed by atoms with Gasteiger partial charge in [0.2, 0.25) is 5.91 Å². The zero-order valence-electron chi connectivity index (χ0n) is 15.7. The summed E-state index contributed by atoms with van der Waals surface area (Å²) in [5.74, 6) is -0.116. The van der Waals surface area contributed by atoms with Crippen LogP contribution in [0, 0.1) is 0 Å². The van der Waals surface area contributed by atoms with Gasteiger partial charge >= 0.3 is 0 Å². The molecule has 148 valence electrons. The number of carbonyl (C=O) groups is 1. The number of carbonyl (C=O) groups excluding carboxylic acids is 1. The third kappa shape index (κ3) is 4.30. The van der Waals surface area contributed by atoms with Gasteiger partial charge < -0.3 is 10.6 Å². The standard InChI is InChI=1S/C21H25N3O3S/c25-21-14-15-13-19(11-12-20(15)23-21)28(26,27)24-18-9-7-17(8-10-18)22-16-5-3-1-2-4-6-16/h7-13,16,22,24H,1-6,14H2,(H,23,25). The highest BCUT2D eigenvalue weighted by Crippen LogP contribution is 2.27. The van der Waals surface area contributed by atoms with Gasteiger partial charge in [0.15, 0.2) is 0 Å². The molecule has 1 heterocycles.